The van der Waals surface area contributed by atoms with Gasteiger partial charge in [-0.05, 0) is 43.2 Å². The molecule has 3 aromatic rings. The highest BCUT2D eigenvalue weighted by Crippen LogP contribution is 2.27. The van der Waals surface area contributed by atoms with E-state index in [1.54, 1.807) is 30.3 Å². The lowest BCUT2D eigenvalue weighted by Gasteiger charge is -2.31. The largest absolute Gasteiger partial charge is 0.361 e. The van der Waals surface area contributed by atoms with Crippen molar-refractivity contribution in [1.82, 2.24) is 9.29 Å². The number of piperidine rings is 1. The van der Waals surface area contributed by atoms with Crippen LogP contribution in [0, 0.1) is 5.92 Å². The van der Waals surface area contributed by atoms with E-state index in [0.717, 1.165) is 16.6 Å². The molecule has 2 aromatic carbocycles. The van der Waals surface area contributed by atoms with Crippen LogP contribution in [0.3, 0.4) is 0 Å². The van der Waals surface area contributed by atoms with E-state index >= 15 is 0 Å². The lowest BCUT2D eigenvalue weighted by molar-refractivity contribution is -0.120. The zero-order chi connectivity index (χ0) is 18.9. The molecule has 6 nitrogen and oxygen atoms in total. The Balaban J connectivity index is 1.51. The molecule has 1 fully saturated rings. The Kier molecular flexibility index (Phi) is 4.72. The average Bonchev–Trinajstić information content (AvgIpc) is 3.19. The fraction of sp³-hybridized carbons (Fsp3) is 0.250. The molecular weight excluding hydrogens is 362 g/mol. The van der Waals surface area contributed by atoms with E-state index in [-0.39, 0.29) is 23.3 Å². The normalized spacial score (nSPS) is 18.4. The summed E-state index contributed by atoms with van der Waals surface area (Å²) in [6.07, 6.45) is 3.17. The van der Waals surface area contributed by atoms with Crippen molar-refractivity contribution in [2.75, 3.05) is 18.4 Å². The van der Waals surface area contributed by atoms with E-state index < -0.39 is 10.0 Å². The number of carbonyl (C=O) groups is 1. The van der Waals surface area contributed by atoms with Crippen molar-refractivity contribution >= 4 is 32.5 Å². The molecule has 0 spiro atoms. The maximum atomic E-state index is 12.8. The Morgan fingerprint density at radius 1 is 1.07 bits per heavy atom. The molecule has 1 aromatic heterocycles. The summed E-state index contributed by atoms with van der Waals surface area (Å²) in [4.78, 5) is 16.2. The molecule has 4 rings (SSSR count). The Bertz CT molecular complexity index is 1060. The van der Waals surface area contributed by atoms with E-state index in [0.29, 0.717) is 19.4 Å². The molecule has 27 heavy (non-hydrogen) atoms. The first-order valence-corrected chi connectivity index (χ1v) is 10.4. The number of nitrogens with zero attached hydrogens (tertiary/aromatic N) is 1. The first kappa shape index (κ1) is 17.8. The smallest absolute Gasteiger partial charge is 0.243 e. The van der Waals surface area contributed by atoms with Gasteiger partial charge in [-0.1, -0.05) is 24.3 Å². The number of hydrogen-bond acceptors (Lipinski definition) is 3. The second kappa shape index (κ2) is 7.17. The van der Waals surface area contributed by atoms with Crippen molar-refractivity contribution in [2.24, 2.45) is 5.92 Å². The summed E-state index contributed by atoms with van der Waals surface area (Å²) in [5.41, 5.74) is 1.69. The second-order valence-electron chi connectivity index (χ2n) is 6.75. The van der Waals surface area contributed by atoms with Crippen LogP contribution in [0.2, 0.25) is 0 Å². The lowest BCUT2D eigenvalue weighted by atomic mass is 9.98. The predicted molar refractivity (Wildman–Crippen MR) is 105 cm³/mol. The molecule has 0 bridgehead atoms. The number of fused-ring (bicyclic) bond motifs is 1. The predicted octanol–water partition coefficient (Wildman–Crippen LogP) is 3.21. The third-order valence-corrected chi connectivity index (χ3v) is 6.87. The molecule has 1 amide bonds. The van der Waals surface area contributed by atoms with Gasteiger partial charge in [-0.2, -0.15) is 4.31 Å². The zero-order valence-corrected chi connectivity index (χ0v) is 15.6. The number of aromatic nitrogens is 1. The number of rotatable bonds is 4. The third-order valence-electron chi connectivity index (χ3n) is 4.99. The van der Waals surface area contributed by atoms with Crippen molar-refractivity contribution in [3.05, 3.63) is 60.8 Å². The summed E-state index contributed by atoms with van der Waals surface area (Å²) >= 11 is 0. The molecule has 1 aliphatic rings. The average molecular weight is 383 g/mol. The zero-order valence-electron chi connectivity index (χ0n) is 14.8. The van der Waals surface area contributed by atoms with Crippen LogP contribution in [0.25, 0.3) is 10.9 Å². The van der Waals surface area contributed by atoms with Crippen LogP contribution in [0.15, 0.2) is 65.7 Å². The van der Waals surface area contributed by atoms with E-state index in [2.05, 4.69) is 10.3 Å². The van der Waals surface area contributed by atoms with E-state index in [4.69, 9.17) is 0 Å². The summed E-state index contributed by atoms with van der Waals surface area (Å²) in [6.45, 7) is 0.639. The Morgan fingerprint density at radius 2 is 1.89 bits per heavy atom. The molecule has 1 aliphatic heterocycles. The SMILES string of the molecule is O=C(Nc1cccc2[nH]ccc12)[C@H]1CCCN(S(=O)(=O)c2ccccc2)C1. The lowest BCUT2D eigenvalue weighted by Crippen LogP contribution is -2.43. The van der Waals surface area contributed by atoms with Crippen molar-refractivity contribution in [3.63, 3.8) is 0 Å². The maximum absolute atomic E-state index is 12.8. The number of aromatic amines is 1. The van der Waals surface area contributed by atoms with Gasteiger partial charge in [0.2, 0.25) is 15.9 Å². The van der Waals surface area contributed by atoms with Crippen molar-refractivity contribution in [1.29, 1.82) is 0 Å². The highest BCUT2D eigenvalue weighted by atomic mass is 32.2. The molecule has 1 atom stereocenters. The van der Waals surface area contributed by atoms with Crippen molar-refractivity contribution in [2.45, 2.75) is 17.7 Å². The van der Waals surface area contributed by atoms with Gasteiger partial charge in [0.25, 0.3) is 0 Å². The second-order valence-corrected chi connectivity index (χ2v) is 8.69. The monoisotopic (exact) mass is 383 g/mol. The molecular formula is C20H21N3O3S. The van der Waals surface area contributed by atoms with Crippen molar-refractivity contribution < 1.29 is 13.2 Å². The number of carbonyl (C=O) groups excluding carboxylic acids is 1. The highest BCUT2D eigenvalue weighted by Gasteiger charge is 2.33. The van der Waals surface area contributed by atoms with Gasteiger partial charge < -0.3 is 10.3 Å². The third kappa shape index (κ3) is 3.48. The number of amides is 1. The van der Waals surface area contributed by atoms with Gasteiger partial charge in [0, 0.05) is 30.2 Å². The van der Waals surface area contributed by atoms with Crippen LogP contribution in [0.1, 0.15) is 12.8 Å². The van der Waals surface area contributed by atoms with Crippen LogP contribution in [0.4, 0.5) is 5.69 Å². The van der Waals surface area contributed by atoms with Crippen molar-refractivity contribution in [3.8, 4) is 0 Å². The number of anilines is 1. The van der Waals surface area contributed by atoms with Gasteiger partial charge in [0.05, 0.1) is 16.5 Å². The van der Waals surface area contributed by atoms with Gasteiger partial charge >= 0.3 is 0 Å². The summed E-state index contributed by atoms with van der Waals surface area (Å²) in [6, 6.07) is 16.0. The van der Waals surface area contributed by atoms with Crippen LogP contribution in [0.5, 0.6) is 0 Å². The number of benzene rings is 2. The molecule has 1 saturated heterocycles. The van der Waals surface area contributed by atoms with Gasteiger partial charge in [0.15, 0.2) is 0 Å². The molecule has 0 aliphatic carbocycles. The Morgan fingerprint density at radius 3 is 2.70 bits per heavy atom. The minimum atomic E-state index is -3.58. The summed E-state index contributed by atoms with van der Waals surface area (Å²) in [5.74, 6) is -0.511. The van der Waals surface area contributed by atoms with Crippen LogP contribution < -0.4 is 5.32 Å². The Labute approximate surface area is 158 Å². The minimum Gasteiger partial charge on any atom is -0.361 e. The van der Waals surface area contributed by atoms with Crippen LogP contribution in [-0.4, -0.2) is 36.7 Å². The topological polar surface area (TPSA) is 82.3 Å². The number of H-pyrrole nitrogens is 1. The molecule has 140 valence electrons. The van der Waals surface area contributed by atoms with E-state index in [9.17, 15) is 13.2 Å². The molecule has 0 saturated carbocycles. The number of nitrogens with one attached hydrogen (secondary N) is 2. The number of sulfonamides is 1. The molecule has 0 unspecified atom stereocenters. The van der Waals surface area contributed by atoms with Gasteiger partial charge in [-0.15, -0.1) is 0 Å². The van der Waals surface area contributed by atoms with Crippen LogP contribution in [-0.2, 0) is 14.8 Å². The Hall–Kier alpha value is -2.64. The number of hydrogen-bond donors (Lipinski definition) is 2. The van der Waals surface area contributed by atoms with E-state index in [1.165, 1.54) is 4.31 Å². The molecule has 2 heterocycles. The summed E-state index contributed by atoms with van der Waals surface area (Å²) in [7, 11) is -3.58. The fourth-order valence-electron chi connectivity index (χ4n) is 3.55. The first-order chi connectivity index (χ1) is 13.1. The summed E-state index contributed by atoms with van der Waals surface area (Å²) in [5, 5.41) is 3.91. The standard InChI is InChI=1S/C20H21N3O3S/c24-20(22-19-10-4-9-18-17(19)11-12-21-18)15-6-5-13-23(14-15)27(25,26)16-7-2-1-3-8-16/h1-4,7-12,15,21H,5-6,13-14H2,(H,22,24)/t15-/m0/s1. The molecule has 7 heteroatoms. The van der Waals surface area contributed by atoms with Crippen LogP contribution >= 0.6 is 0 Å². The summed E-state index contributed by atoms with van der Waals surface area (Å²) < 4.78 is 27.1. The molecule has 2 N–H and O–H groups in total. The van der Waals surface area contributed by atoms with E-state index in [1.807, 2.05) is 30.5 Å². The van der Waals surface area contributed by atoms with Gasteiger partial charge in [-0.25, -0.2) is 8.42 Å². The highest BCUT2D eigenvalue weighted by molar-refractivity contribution is 7.89. The quantitative estimate of drug-likeness (QED) is 0.726. The van der Waals surface area contributed by atoms with Gasteiger partial charge in [-0.3, -0.25) is 4.79 Å². The fourth-order valence-corrected chi connectivity index (χ4v) is 5.09. The minimum absolute atomic E-state index is 0.142. The maximum Gasteiger partial charge on any atom is 0.243 e. The van der Waals surface area contributed by atoms with Gasteiger partial charge in [0.1, 0.15) is 0 Å². The molecule has 0 radical (unpaired) electrons. The first-order valence-electron chi connectivity index (χ1n) is 8.98.